The van der Waals surface area contributed by atoms with E-state index in [9.17, 15) is 14.7 Å². The van der Waals surface area contributed by atoms with Crippen LogP contribution in [0.25, 0.3) is 0 Å². The summed E-state index contributed by atoms with van der Waals surface area (Å²) in [6.45, 7) is 3.17. The van der Waals surface area contributed by atoms with Crippen molar-refractivity contribution in [1.82, 2.24) is 0 Å². The maximum Gasteiger partial charge on any atom is 0.376 e. The van der Waals surface area contributed by atoms with E-state index < -0.39 is 12.5 Å². The third-order valence-electron chi connectivity index (χ3n) is 1.91. The molecular weight excluding hydrogens is 372 g/mol. The lowest BCUT2D eigenvalue weighted by atomic mass is 10.3. The van der Waals surface area contributed by atoms with Crippen LogP contribution in [0.2, 0.25) is 0 Å². The quantitative estimate of drug-likeness (QED) is 0.246. The first-order chi connectivity index (χ1) is 8.34. The average molecular weight is 385 g/mol. The molecule has 0 aromatic heterocycles. The van der Waals surface area contributed by atoms with Crippen LogP contribution in [-0.4, -0.2) is 22.1 Å². The van der Waals surface area contributed by atoms with Crippen molar-refractivity contribution in [3.8, 4) is 5.75 Å². The van der Waals surface area contributed by atoms with Gasteiger partial charge in [-0.1, -0.05) is 22.6 Å². The summed E-state index contributed by atoms with van der Waals surface area (Å²) in [4.78, 5) is 9.96. The van der Waals surface area contributed by atoms with Gasteiger partial charge in [0.05, 0.1) is 11.0 Å². The van der Waals surface area contributed by atoms with Crippen molar-refractivity contribution in [2.45, 2.75) is 13.0 Å². The van der Waals surface area contributed by atoms with Crippen LogP contribution in [0.4, 0.5) is 5.69 Å². The Morgan fingerprint density at radius 2 is 2.00 bits per heavy atom. The molecule has 0 aliphatic heterocycles. The summed E-state index contributed by atoms with van der Waals surface area (Å²) in [7, 11) is -3.20. The normalized spacial score (nSPS) is 15.7. The zero-order chi connectivity index (χ0) is 13.8. The van der Waals surface area contributed by atoms with Gasteiger partial charge in [0, 0.05) is 23.2 Å². The highest BCUT2D eigenvalue weighted by molar-refractivity contribution is 14.1. The molecule has 0 saturated heterocycles. The summed E-state index contributed by atoms with van der Waals surface area (Å²) in [6.07, 6.45) is -0.181. The number of benzene rings is 1. The van der Waals surface area contributed by atoms with Crippen molar-refractivity contribution >= 4 is 35.9 Å². The van der Waals surface area contributed by atoms with Crippen LogP contribution in [0.1, 0.15) is 6.92 Å². The number of rotatable bonds is 6. The summed E-state index contributed by atoms with van der Waals surface area (Å²) >= 11 is 2.12. The molecule has 1 rings (SSSR count). The Morgan fingerprint density at radius 1 is 1.44 bits per heavy atom. The SMILES string of the molecule is CC(CI)OP(C)(=O)Oc1ccc([N+](=O)[O-])cc1. The fourth-order valence-electron chi connectivity index (χ4n) is 1.20. The van der Waals surface area contributed by atoms with Crippen molar-refractivity contribution in [2.24, 2.45) is 0 Å². The van der Waals surface area contributed by atoms with E-state index in [-0.39, 0.29) is 17.5 Å². The van der Waals surface area contributed by atoms with Gasteiger partial charge in [-0.2, -0.15) is 0 Å². The molecule has 0 fully saturated rings. The van der Waals surface area contributed by atoms with Crippen molar-refractivity contribution in [3.63, 3.8) is 0 Å². The van der Waals surface area contributed by atoms with Crippen LogP contribution in [0.5, 0.6) is 5.75 Å². The summed E-state index contributed by atoms with van der Waals surface area (Å²) in [5.41, 5.74) is -0.0465. The predicted molar refractivity (Wildman–Crippen MR) is 76.7 cm³/mol. The number of hydrogen-bond donors (Lipinski definition) is 0. The lowest BCUT2D eigenvalue weighted by Gasteiger charge is -2.18. The van der Waals surface area contributed by atoms with Gasteiger partial charge in [0.25, 0.3) is 5.69 Å². The molecule has 1 aromatic rings. The topological polar surface area (TPSA) is 78.7 Å². The molecule has 100 valence electrons. The molecule has 0 saturated carbocycles. The molecule has 0 aliphatic carbocycles. The molecule has 8 heteroatoms. The number of halogens is 1. The van der Waals surface area contributed by atoms with Crippen LogP contribution in [0, 0.1) is 10.1 Å². The van der Waals surface area contributed by atoms with E-state index in [1.807, 2.05) is 0 Å². The Morgan fingerprint density at radius 3 is 2.44 bits per heavy atom. The van der Waals surface area contributed by atoms with Crippen molar-refractivity contribution in [2.75, 3.05) is 11.1 Å². The fourth-order valence-corrected chi connectivity index (χ4v) is 2.94. The zero-order valence-electron chi connectivity index (χ0n) is 9.91. The number of nitro benzene ring substituents is 1. The molecule has 0 bridgehead atoms. The van der Waals surface area contributed by atoms with Gasteiger partial charge in [-0.05, 0) is 19.1 Å². The van der Waals surface area contributed by atoms with Gasteiger partial charge in [-0.25, -0.2) is 4.57 Å². The molecule has 0 heterocycles. The largest absolute Gasteiger partial charge is 0.425 e. The van der Waals surface area contributed by atoms with Gasteiger partial charge in [0.2, 0.25) is 0 Å². The minimum absolute atomic E-state index is 0.0465. The first-order valence-electron chi connectivity index (χ1n) is 5.10. The molecule has 2 unspecified atom stereocenters. The summed E-state index contributed by atoms with van der Waals surface area (Å²) < 4.78 is 23.2. The zero-order valence-corrected chi connectivity index (χ0v) is 13.0. The van der Waals surface area contributed by atoms with Crippen molar-refractivity contribution < 1.29 is 18.5 Å². The monoisotopic (exact) mass is 385 g/mol. The molecule has 0 aliphatic rings. The summed E-state index contributed by atoms with van der Waals surface area (Å²) in [6, 6.07) is 5.37. The number of nitro groups is 1. The van der Waals surface area contributed by atoms with Crippen LogP contribution < -0.4 is 4.52 Å². The van der Waals surface area contributed by atoms with E-state index in [0.717, 1.165) is 0 Å². The molecule has 6 nitrogen and oxygen atoms in total. The van der Waals surface area contributed by atoms with Crippen molar-refractivity contribution in [1.29, 1.82) is 0 Å². The van der Waals surface area contributed by atoms with E-state index in [2.05, 4.69) is 22.6 Å². The van der Waals surface area contributed by atoms with Crippen LogP contribution >= 0.6 is 30.2 Å². The third kappa shape index (κ3) is 4.91. The fraction of sp³-hybridized carbons (Fsp3) is 0.400. The number of nitrogens with zero attached hydrogens (tertiary/aromatic N) is 1. The molecular formula is C10H13INO5P. The summed E-state index contributed by atoms with van der Waals surface area (Å²) in [5, 5.41) is 10.5. The highest BCUT2D eigenvalue weighted by atomic mass is 127. The van der Waals surface area contributed by atoms with E-state index in [0.29, 0.717) is 4.43 Å². The molecule has 1 aromatic carbocycles. The van der Waals surface area contributed by atoms with Crippen molar-refractivity contribution in [3.05, 3.63) is 34.4 Å². The second kappa shape index (κ2) is 6.49. The maximum absolute atomic E-state index is 12.0. The first kappa shape index (κ1) is 15.4. The Labute approximate surface area is 118 Å². The maximum atomic E-state index is 12.0. The smallest absolute Gasteiger partial charge is 0.376 e. The number of non-ortho nitro benzene ring substituents is 1. The minimum Gasteiger partial charge on any atom is -0.425 e. The van der Waals surface area contributed by atoms with Gasteiger partial charge in [0.15, 0.2) is 0 Å². The Hall–Kier alpha value is -0.660. The number of alkyl halides is 1. The van der Waals surface area contributed by atoms with Gasteiger partial charge in [-0.3, -0.25) is 14.6 Å². The van der Waals surface area contributed by atoms with Crippen LogP contribution in [0.3, 0.4) is 0 Å². The second-order valence-corrected chi connectivity index (χ2v) is 6.50. The van der Waals surface area contributed by atoms with E-state index in [1.54, 1.807) is 6.92 Å². The Kier molecular flexibility index (Phi) is 5.55. The van der Waals surface area contributed by atoms with Crippen LogP contribution in [0.15, 0.2) is 24.3 Å². The Bertz CT molecular complexity index is 464. The molecule has 0 amide bonds. The van der Waals surface area contributed by atoms with Crippen LogP contribution in [-0.2, 0) is 9.09 Å². The highest BCUT2D eigenvalue weighted by Crippen LogP contribution is 2.45. The summed E-state index contributed by atoms with van der Waals surface area (Å²) in [5.74, 6) is 0.284. The van der Waals surface area contributed by atoms with E-state index >= 15 is 0 Å². The first-order valence-corrected chi connectivity index (χ1v) is 8.61. The van der Waals surface area contributed by atoms with E-state index in [4.69, 9.17) is 9.05 Å². The molecule has 0 spiro atoms. The molecule has 0 radical (unpaired) electrons. The third-order valence-corrected chi connectivity index (χ3v) is 4.43. The lowest BCUT2D eigenvalue weighted by molar-refractivity contribution is -0.384. The highest BCUT2D eigenvalue weighted by Gasteiger charge is 2.22. The predicted octanol–water partition coefficient (Wildman–Crippen LogP) is 3.64. The molecule has 2 atom stereocenters. The minimum atomic E-state index is -3.20. The Balaban J connectivity index is 2.72. The van der Waals surface area contributed by atoms with Gasteiger partial charge in [0.1, 0.15) is 5.75 Å². The second-order valence-electron chi connectivity index (χ2n) is 3.68. The van der Waals surface area contributed by atoms with Gasteiger partial charge >= 0.3 is 7.60 Å². The van der Waals surface area contributed by atoms with Gasteiger partial charge < -0.3 is 4.52 Å². The standard InChI is InChI=1S/C10H13INO5P/c1-8(7-11)16-18(2,15)17-10-5-3-9(4-6-10)12(13)14/h3-6,8H,7H2,1-2H3. The molecule has 18 heavy (non-hydrogen) atoms. The number of hydrogen-bond acceptors (Lipinski definition) is 5. The lowest BCUT2D eigenvalue weighted by Crippen LogP contribution is -2.09. The van der Waals surface area contributed by atoms with E-state index in [1.165, 1.54) is 30.9 Å². The van der Waals surface area contributed by atoms with Gasteiger partial charge in [-0.15, -0.1) is 0 Å². The average Bonchev–Trinajstić information content (AvgIpc) is 2.28. The molecule has 0 N–H and O–H groups in total.